The fraction of sp³-hybridized carbons (Fsp3) is 0.231. The van der Waals surface area contributed by atoms with Crippen LogP contribution in [-0.4, -0.2) is 17.3 Å². The van der Waals surface area contributed by atoms with E-state index in [-0.39, 0.29) is 0 Å². The Kier molecular flexibility index (Phi) is 3.74. The molecule has 4 heteroatoms. The molecule has 0 fully saturated rings. The van der Waals surface area contributed by atoms with Gasteiger partial charge < -0.3 is 4.74 Å². The van der Waals surface area contributed by atoms with Gasteiger partial charge in [-0.2, -0.15) is 5.10 Å². The highest BCUT2D eigenvalue weighted by Crippen LogP contribution is 2.22. The molecule has 0 aliphatic rings. The van der Waals surface area contributed by atoms with Gasteiger partial charge in [0.15, 0.2) is 0 Å². The first-order valence-electron chi connectivity index (χ1n) is 5.30. The van der Waals surface area contributed by atoms with Crippen LogP contribution in [0.1, 0.15) is 16.8 Å². The van der Waals surface area contributed by atoms with Crippen LogP contribution in [0.3, 0.4) is 0 Å². The number of rotatable bonds is 3. The number of aromatic nitrogens is 2. The topological polar surface area (TPSA) is 35.0 Å². The van der Waals surface area contributed by atoms with Crippen molar-refractivity contribution in [2.45, 2.75) is 13.3 Å². The Hall–Kier alpha value is -1.42. The lowest BCUT2D eigenvalue weighted by molar-refractivity contribution is 0.388. The van der Waals surface area contributed by atoms with Crippen molar-refractivity contribution < 1.29 is 4.74 Å². The minimum Gasteiger partial charge on any atom is -0.479 e. The van der Waals surface area contributed by atoms with E-state index in [0.29, 0.717) is 5.88 Å². The van der Waals surface area contributed by atoms with Crippen molar-refractivity contribution in [3.8, 4) is 5.88 Å². The summed E-state index contributed by atoms with van der Waals surface area (Å²) in [6.45, 7) is 2.08. The van der Waals surface area contributed by atoms with Gasteiger partial charge in [-0.3, -0.25) is 0 Å². The molecule has 0 radical (unpaired) electrons. The van der Waals surface area contributed by atoms with Crippen molar-refractivity contribution in [1.29, 1.82) is 0 Å². The zero-order valence-corrected chi connectivity index (χ0v) is 11.4. The molecule has 0 aliphatic heterocycles. The average molecular weight is 293 g/mol. The predicted octanol–water partition coefficient (Wildman–Crippen LogP) is 3.15. The third kappa shape index (κ3) is 3.03. The van der Waals surface area contributed by atoms with Gasteiger partial charge in [0.2, 0.25) is 5.88 Å². The molecule has 2 rings (SSSR count). The largest absolute Gasteiger partial charge is 0.479 e. The maximum atomic E-state index is 5.05. The van der Waals surface area contributed by atoms with Crippen LogP contribution in [0.25, 0.3) is 0 Å². The van der Waals surface area contributed by atoms with Gasteiger partial charge in [0, 0.05) is 6.42 Å². The smallest absolute Gasteiger partial charge is 0.247 e. The second-order valence-corrected chi connectivity index (χ2v) is 4.71. The molecule has 0 atom stereocenters. The number of aryl methyl sites for hydroxylation is 1. The molecule has 88 valence electrons. The van der Waals surface area contributed by atoms with Crippen molar-refractivity contribution in [3.63, 3.8) is 0 Å². The van der Waals surface area contributed by atoms with Crippen LogP contribution in [0.15, 0.2) is 34.8 Å². The van der Waals surface area contributed by atoms with E-state index in [9.17, 15) is 0 Å². The molecule has 0 spiro atoms. The van der Waals surface area contributed by atoms with Gasteiger partial charge in [-0.05, 0) is 34.5 Å². The normalized spacial score (nSPS) is 10.3. The van der Waals surface area contributed by atoms with Gasteiger partial charge >= 0.3 is 0 Å². The molecule has 0 bridgehead atoms. The minimum absolute atomic E-state index is 0.512. The molecule has 2 aromatic rings. The van der Waals surface area contributed by atoms with E-state index >= 15 is 0 Å². The number of hydrogen-bond donors (Lipinski definition) is 0. The van der Waals surface area contributed by atoms with E-state index in [1.807, 2.05) is 6.07 Å². The minimum atomic E-state index is 0.512. The predicted molar refractivity (Wildman–Crippen MR) is 70.3 cm³/mol. The second-order valence-electron chi connectivity index (χ2n) is 3.86. The van der Waals surface area contributed by atoms with Gasteiger partial charge in [-0.25, -0.2) is 0 Å². The molecular formula is C13H13BrN2O. The van der Waals surface area contributed by atoms with Gasteiger partial charge in [-0.1, -0.05) is 29.8 Å². The van der Waals surface area contributed by atoms with E-state index in [4.69, 9.17) is 4.74 Å². The molecular weight excluding hydrogens is 280 g/mol. The number of nitrogens with zero attached hydrogens (tertiary/aromatic N) is 2. The maximum absolute atomic E-state index is 5.05. The van der Waals surface area contributed by atoms with Crippen LogP contribution in [0.4, 0.5) is 0 Å². The van der Waals surface area contributed by atoms with Gasteiger partial charge in [0.1, 0.15) is 0 Å². The first-order chi connectivity index (χ1) is 8.19. The lowest BCUT2D eigenvalue weighted by Gasteiger charge is -2.04. The summed E-state index contributed by atoms with van der Waals surface area (Å²) in [5.41, 5.74) is 3.40. The van der Waals surface area contributed by atoms with Crippen molar-refractivity contribution in [2.24, 2.45) is 0 Å². The Labute approximate surface area is 109 Å². The summed E-state index contributed by atoms with van der Waals surface area (Å²) in [7, 11) is 1.58. The zero-order chi connectivity index (χ0) is 12.3. The number of ether oxygens (including phenoxy) is 1. The van der Waals surface area contributed by atoms with Crippen LogP contribution in [0.5, 0.6) is 5.88 Å². The first kappa shape index (κ1) is 12.0. The summed E-state index contributed by atoms with van der Waals surface area (Å²) >= 11 is 3.40. The molecule has 0 N–H and O–H groups in total. The quantitative estimate of drug-likeness (QED) is 0.872. The number of methoxy groups -OCH3 is 1. The lowest BCUT2D eigenvalue weighted by atomic mass is 10.1. The third-order valence-electron chi connectivity index (χ3n) is 2.47. The van der Waals surface area contributed by atoms with Gasteiger partial charge in [0.05, 0.1) is 17.3 Å². The highest BCUT2D eigenvalue weighted by Gasteiger charge is 2.05. The number of benzene rings is 1. The SMILES string of the molecule is COc1nnc(Cc2ccc(C)cc2)cc1Br. The Morgan fingerprint density at radius 1 is 1.18 bits per heavy atom. The second kappa shape index (κ2) is 5.27. The summed E-state index contributed by atoms with van der Waals surface area (Å²) in [4.78, 5) is 0. The Morgan fingerprint density at radius 2 is 1.88 bits per heavy atom. The molecule has 0 unspecified atom stereocenters. The molecule has 0 amide bonds. The van der Waals surface area contributed by atoms with E-state index in [1.54, 1.807) is 7.11 Å². The van der Waals surface area contributed by atoms with E-state index in [1.165, 1.54) is 11.1 Å². The van der Waals surface area contributed by atoms with E-state index in [0.717, 1.165) is 16.6 Å². The van der Waals surface area contributed by atoms with Crippen LogP contribution >= 0.6 is 15.9 Å². The van der Waals surface area contributed by atoms with E-state index < -0.39 is 0 Å². The molecule has 1 aromatic heterocycles. The summed E-state index contributed by atoms with van der Waals surface area (Å²) in [5.74, 6) is 0.512. The van der Waals surface area contributed by atoms with Crippen LogP contribution in [0.2, 0.25) is 0 Å². The molecule has 17 heavy (non-hydrogen) atoms. The molecule has 1 aromatic carbocycles. The fourth-order valence-electron chi connectivity index (χ4n) is 1.53. The number of hydrogen-bond acceptors (Lipinski definition) is 3. The Morgan fingerprint density at radius 3 is 2.47 bits per heavy atom. The highest BCUT2D eigenvalue weighted by molar-refractivity contribution is 9.10. The van der Waals surface area contributed by atoms with E-state index in [2.05, 4.69) is 57.3 Å². The lowest BCUT2D eigenvalue weighted by Crippen LogP contribution is -1.98. The van der Waals surface area contributed by atoms with Crippen LogP contribution in [0, 0.1) is 6.92 Å². The van der Waals surface area contributed by atoms with Crippen molar-refractivity contribution in [1.82, 2.24) is 10.2 Å². The Bertz CT molecular complexity index is 511. The molecule has 1 heterocycles. The summed E-state index contributed by atoms with van der Waals surface area (Å²) < 4.78 is 5.88. The van der Waals surface area contributed by atoms with Crippen LogP contribution in [-0.2, 0) is 6.42 Å². The zero-order valence-electron chi connectivity index (χ0n) is 9.77. The van der Waals surface area contributed by atoms with Crippen molar-refractivity contribution >= 4 is 15.9 Å². The summed E-state index contributed by atoms with van der Waals surface area (Å²) in [6.07, 6.45) is 0.774. The first-order valence-corrected chi connectivity index (χ1v) is 6.10. The summed E-state index contributed by atoms with van der Waals surface area (Å²) in [5, 5.41) is 8.11. The van der Waals surface area contributed by atoms with Crippen molar-refractivity contribution in [3.05, 3.63) is 51.6 Å². The maximum Gasteiger partial charge on any atom is 0.247 e. The third-order valence-corrected chi connectivity index (χ3v) is 3.03. The monoisotopic (exact) mass is 292 g/mol. The van der Waals surface area contributed by atoms with Crippen molar-refractivity contribution in [2.75, 3.05) is 7.11 Å². The molecule has 3 nitrogen and oxygen atoms in total. The standard InChI is InChI=1S/C13H13BrN2O/c1-9-3-5-10(6-4-9)7-11-8-12(14)13(17-2)16-15-11/h3-6,8H,7H2,1-2H3. The molecule has 0 saturated heterocycles. The highest BCUT2D eigenvalue weighted by atomic mass is 79.9. The fourth-order valence-corrected chi connectivity index (χ4v) is 2.04. The van der Waals surface area contributed by atoms with Gasteiger partial charge in [-0.15, -0.1) is 5.10 Å². The number of halogens is 1. The average Bonchev–Trinajstić information content (AvgIpc) is 2.32. The van der Waals surface area contributed by atoms with Crippen LogP contribution < -0.4 is 4.74 Å². The Balaban J connectivity index is 2.19. The summed E-state index contributed by atoms with van der Waals surface area (Å²) in [6, 6.07) is 10.3. The molecule has 0 saturated carbocycles. The van der Waals surface area contributed by atoms with Gasteiger partial charge in [0.25, 0.3) is 0 Å². The molecule has 0 aliphatic carbocycles.